The second-order valence-electron chi connectivity index (χ2n) is 3.54. The molecule has 0 bridgehead atoms. The summed E-state index contributed by atoms with van der Waals surface area (Å²) in [6, 6.07) is 3.61. The molecule has 1 aromatic carbocycles. The van der Waals surface area contributed by atoms with Crippen LogP contribution >= 0.6 is 11.6 Å². The Kier molecular flexibility index (Phi) is 3.31. The minimum absolute atomic E-state index is 0.204. The summed E-state index contributed by atoms with van der Waals surface area (Å²) < 4.78 is 10.5. The summed E-state index contributed by atoms with van der Waals surface area (Å²) in [7, 11) is 0. The van der Waals surface area contributed by atoms with Crippen molar-refractivity contribution in [1.82, 2.24) is 0 Å². The van der Waals surface area contributed by atoms with E-state index in [0.29, 0.717) is 11.6 Å². The molecule has 0 saturated heterocycles. The molecule has 86 valence electrons. The second kappa shape index (κ2) is 4.72. The maximum Gasteiger partial charge on any atom is 0.329 e. The van der Waals surface area contributed by atoms with Crippen molar-refractivity contribution >= 4 is 17.6 Å². The van der Waals surface area contributed by atoms with E-state index in [1.165, 1.54) is 0 Å². The molecule has 5 heteroatoms. The summed E-state index contributed by atoms with van der Waals surface area (Å²) >= 11 is 5.94. The van der Waals surface area contributed by atoms with Gasteiger partial charge in [0.25, 0.3) is 0 Å². The van der Waals surface area contributed by atoms with Gasteiger partial charge >= 0.3 is 5.97 Å². The molecule has 1 aliphatic heterocycles. The summed E-state index contributed by atoms with van der Waals surface area (Å²) in [6.07, 6.45) is 0.835. The van der Waals surface area contributed by atoms with Gasteiger partial charge in [0.05, 0.1) is 13.2 Å². The smallest absolute Gasteiger partial charge is 0.329 e. The fourth-order valence-corrected chi connectivity index (χ4v) is 1.96. The lowest BCUT2D eigenvalue weighted by Crippen LogP contribution is -2.07. The largest absolute Gasteiger partial charge is 0.493 e. The molecule has 0 aliphatic carbocycles. The van der Waals surface area contributed by atoms with Crippen LogP contribution in [0.15, 0.2) is 12.1 Å². The summed E-state index contributed by atoms with van der Waals surface area (Å²) in [5.41, 5.74) is 1.86. The maximum absolute atomic E-state index is 10.3. The molecule has 0 aromatic heterocycles. The van der Waals surface area contributed by atoms with Crippen LogP contribution in [0.1, 0.15) is 11.1 Å². The quantitative estimate of drug-likeness (QED) is 0.876. The zero-order valence-corrected chi connectivity index (χ0v) is 9.29. The number of aliphatic carboxylic acids is 1. The highest BCUT2D eigenvalue weighted by Crippen LogP contribution is 2.33. The molecule has 0 spiro atoms. The Labute approximate surface area is 97.7 Å². The lowest BCUT2D eigenvalue weighted by molar-refractivity contribution is -0.142. The van der Waals surface area contributed by atoms with Gasteiger partial charge in [-0.25, -0.2) is 4.79 Å². The number of ether oxygens (including phenoxy) is 2. The van der Waals surface area contributed by atoms with Gasteiger partial charge in [-0.15, -0.1) is 0 Å². The van der Waals surface area contributed by atoms with Crippen molar-refractivity contribution < 1.29 is 19.4 Å². The molecule has 1 heterocycles. The molecule has 0 atom stereocenters. The predicted molar refractivity (Wildman–Crippen MR) is 57.9 cm³/mol. The fourth-order valence-electron chi connectivity index (χ4n) is 1.70. The fraction of sp³-hybridized carbons (Fsp3) is 0.364. The normalized spacial score (nSPS) is 13.3. The molecule has 2 rings (SSSR count). The lowest BCUT2D eigenvalue weighted by atomic mass is 10.1. The van der Waals surface area contributed by atoms with E-state index in [-0.39, 0.29) is 13.2 Å². The SMILES string of the molecule is O=C(O)COCc1cc(Cl)cc2c1OCC2. The van der Waals surface area contributed by atoms with Gasteiger partial charge in [0.2, 0.25) is 0 Å². The third-order valence-electron chi connectivity index (χ3n) is 2.31. The predicted octanol–water partition coefficient (Wildman–Crippen LogP) is 1.88. The van der Waals surface area contributed by atoms with Crippen LogP contribution in [0, 0.1) is 0 Å². The van der Waals surface area contributed by atoms with Crippen molar-refractivity contribution in [3.63, 3.8) is 0 Å². The third kappa shape index (κ3) is 2.46. The summed E-state index contributed by atoms with van der Waals surface area (Å²) in [6.45, 7) is 0.526. The molecule has 1 aliphatic rings. The van der Waals surface area contributed by atoms with Gasteiger partial charge in [0, 0.05) is 17.0 Å². The Morgan fingerprint density at radius 3 is 3.12 bits per heavy atom. The van der Waals surface area contributed by atoms with E-state index in [2.05, 4.69) is 0 Å². The maximum atomic E-state index is 10.3. The average Bonchev–Trinajstić information content (AvgIpc) is 2.64. The Hall–Kier alpha value is -1.26. The minimum Gasteiger partial charge on any atom is -0.493 e. The Morgan fingerprint density at radius 1 is 1.56 bits per heavy atom. The van der Waals surface area contributed by atoms with Crippen LogP contribution in [-0.4, -0.2) is 24.3 Å². The van der Waals surface area contributed by atoms with Gasteiger partial charge in [-0.1, -0.05) is 11.6 Å². The molecule has 0 amide bonds. The standard InChI is InChI=1S/C11H11ClO4/c12-9-3-7-1-2-16-11(7)8(4-9)5-15-6-10(13)14/h3-4H,1-2,5-6H2,(H,13,14). The Balaban J connectivity index is 2.11. The second-order valence-corrected chi connectivity index (χ2v) is 3.97. The van der Waals surface area contributed by atoms with E-state index >= 15 is 0 Å². The highest BCUT2D eigenvalue weighted by atomic mass is 35.5. The molecule has 1 N–H and O–H groups in total. The first-order chi connectivity index (χ1) is 7.66. The Morgan fingerprint density at radius 2 is 2.38 bits per heavy atom. The molecular formula is C11H11ClO4. The lowest BCUT2D eigenvalue weighted by Gasteiger charge is -2.08. The van der Waals surface area contributed by atoms with E-state index in [1.807, 2.05) is 6.07 Å². The number of halogens is 1. The number of hydrogen-bond donors (Lipinski definition) is 1. The topological polar surface area (TPSA) is 55.8 Å². The first kappa shape index (κ1) is 11.2. The molecule has 0 saturated carbocycles. The van der Waals surface area contributed by atoms with Crippen molar-refractivity contribution in [2.45, 2.75) is 13.0 Å². The van der Waals surface area contributed by atoms with Crippen molar-refractivity contribution in [3.05, 3.63) is 28.3 Å². The molecular weight excluding hydrogens is 232 g/mol. The zero-order valence-electron chi connectivity index (χ0n) is 8.53. The third-order valence-corrected chi connectivity index (χ3v) is 2.53. The molecule has 0 unspecified atom stereocenters. The number of carboxylic acid groups (broad SMARTS) is 1. The van der Waals surface area contributed by atoms with Crippen LogP contribution in [0.2, 0.25) is 5.02 Å². The van der Waals surface area contributed by atoms with Gasteiger partial charge in [0.15, 0.2) is 0 Å². The zero-order chi connectivity index (χ0) is 11.5. The van der Waals surface area contributed by atoms with Crippen LogP contribution in [0.5, 0.6) is 5.75 Å². The highest BCUT2D eigenvalue weighted by Gasteiger charge is 2.17. The van der Waals surface area contributed by atoms with Gasteiger partial charge in [-0.3, -0.25) is 0 Å². The van der Waals surface area contributed by atoms with E-state index in [0.717, 1.165) is 23.3 Å². The van der Waals surface area contributed by atoms with Crippen LogP contribution in [0.25, 0.3) is 0 Å². The number of carbonyl (C=O) groups is 1. The summed E-state index contributed by atoms with van der Waals surface area (Å²) in [4.78, 5) is 10.3. The monoisotopic (exact) mass is 242 g/mol. The van der Waals surface area contributed by atoms with Crippen molar-refractivity contribution in [1.29, 1.82) is 0 Å². The molecule has 0 fully saturated rings. The van der Waals surface area contributed by atoms with Crippen LogP contribution in [-0.2, 0) is 22.6 Å². The summed E-state index contributed by atoms with van der Waals surface area (Å²) in [5, 5.41) is 9.08. The van der Waals surface area contributed by atoms with Crippen LogP contribution in [0.4, 0.5) is 0 Å². The van der Waals surface area contributed by atoms with Crippen molar-refractivity contribution in [2.24, 2.45) is 0 Å². The Bertz CT molecular complexity index is 417. The number of rotatable bonds is 4. The van der Waals surface area contributed by atoms with Crippen LogP contribution in [0.3, 0.4) is 0 Å². The van der Waals surface area contributed by atoms with E-state index in [1.54, 1.807) is 6.07 Å². The molecule has 16 heavy (non-hydrogen) atoms. The van der Waals surface area contributed by atoms with Crippen molar-refractivity contribution in [3.8, 4) is 5.75 Å². The highest BCUT2D eigenvalue weighted by molar-refractivity contribution is 6.30. The van der Waals surface area contributed by atoms with Gasteiger partial charge in [-0.2, -0.15) is 0 Å². The van der Waals surface area contributed by atoms with Gasteiger partial charge in [0.1, 0.15) is 12.4 Å². The minimum atomic E-state index is -0.986. The number of fused-ring (bicyclic) bond motifs is 1. The number of benzene rings is 1. The van der Waals surface area contributed by atoms with Crippen molar-refractivity contribution in [2.75, 3.05) is 13.2 Å². The summed E-state index contributed by atoms with van der Waals surface area (Å²) in [5.74, 6) is -0.200. The molecule has 0 radical (unpaired) electrons. The first-order valence-electron chi connectivity index (χ1n) is 4.90. The van der Waals surface area contributed by atoms with E-state index in [4.69, 9.17) is 26.2 Å². The first-order valence-corrected chi connectivity index (χ1v) is 5.28. The average molecular weight is 243 g/mol. The van der Waals surface area contributed by atoms with Gasteiger partial charge < -0.3 is 14.6 Å². The van der Waals surface area contributed by atoms with Gasteiger partial charge in [-0.05, 0) is 17.7 Å². The van der Waals surface area contributed by atoms with E-state index < -0.39 is 5.97 Å². The number of carboxylic acids is 1. The molecule has 1 aromatic rings. The molecule has 4 nitrogen and oxygen atoms in total. The van der Waals surface area contributed by atoms with E-state index in [9.17, 15) is 4.79 Å². The van der Waals surface area contributed by atoms with Crippen LogP contribution < -0.4 is 4.74 Å². The number of hydrogen-bond acceptors (Lipinski definition) is 3.